The molecule has 1 fully saturated rings. The third-order valence-corrected chi connectivity index (χ3v) is 4.34. The van der Waals surface area contributed by atoms with Gasteiger partial charge in [-0.2, -0.15) is 0 Å². The maximum Gasteiger partial charge on any atom is 0.193 e. The number of ether oxygens (including phenoxy) is 1. The van der Waals surface area contributed by atoms with Gasteiger partial charge >= 0.3 is 0 Å². The number of guanidine groups is 1. The SMILES string of the molecule is CN=C(NCCc1ccc(C)c(OC)c1)N1CCCC(C)C1. The van der Waals surface area contributed by atoms with Gasteiger partial charge in [-0.15, -0.1) is 0 Å². The minimum Gasteiger partial charge on any atom is -0.496 e. The molecular weight excluding hydrogens is 274 g/mol. The second-order valence-electron chi connectivity index (χ2n) is 6.22. The van der Waals surface area contributed by atoms with Crippen molar-refractivity contribution < 1.29 is 4.74 Å². The van der Waals surface area contributed by atoms with Crippen LogP contribution in [-0.4, -0.2) is 44.7 Å². The van der Waals surface area contributed by atoms with E-state index in [0.29, 0.717) is 0 Å². The molecule has 0 aliphatic carbocycles. The minimum atomic E-state index is 0.758. The first-order valence-corrected chi connectivity index (χ1v) is 8.23. The Bertz CT molecular complexity index is 513. The fraction of sp³-hybridized carbons (Fsp3) is 0.611. The van der Waals surface area contributed by atoms with Crippen molar-refractivity contribution in [3.63, 3.8) is 0 Å². The lowest BCUT2D eigenvalue weighted by Gasteiger charge is -2.33. The third kappa shape index (κ3) is 4.39. The monoisotopic (exact) mass is 303 g/mol. The molecule has 0 radical (unpaired) electrons. The van der Waals surface area contributed by atoms with Crippen molar-refractivity contribution in [2.24, 2.45) is 10.9 Å². The maximum absolute atomic E-state index is 5.39. The molecule has 1 saturated heterocycles. The van der Waals surface area contributed by atoms with Crippen LogP contribution in [0.2, 0.25) is 0 Å². The van der Waals surface area contributed by atoms with E-state index >= 15 is 0 Å². The quantitative estimate of drug-likeness (QED) is 0.686. The summed E-state index contributed by atoms with van der Waals surface area (Å²) in [4.78, 5) is 6.81. The lowest BCUT2D eigenvalue weighted by atomic mass is 10.0. The number of benzene rings is 1. The molecule has 1 unspecified atom stereocenters. The molecule has 0 bridgehead atoms. The molecule has 1 aliphatic rings. The Morgan fingerprint density at radius 2 is 2.27 bits per heavy atom. The molecule has 0 amide bonds. The van der Waals surface area contributed by atoms with Crippen molar-refractivity contribution in [1.29, 1.82) is 0 Å². The Balaban J connectivity index is 1.86. The number of nitrogens with zero attached hydrogens (tertiary/aromatic N) is 2. The highest BCUT2D eigenvalue weighted by atomic mass is 16.5. The lowest BCUT2D eigenvalue weighted by molar-refractivity contribution is 0.266. The van der Waals surface area contributed by atoms with Gasteiger partial charge in [-0.1, -0.05) is 19.1 Å². The Morgan fingerprint density at radius 1 is 1.45 bits per heavy atom. The van der Waals surface area contributed by atoms with Crippen molar-refractivity contribution in [3.05, 3.63) is 29.3 Å². The first-order valence-electron chi connectivity index (χ1n) is 8.23. The number of methoxy groups -OCH3 is 1. The summed E-state index contributed by atoms with van der Waals surface area (Å²) >= 11 is 0. The van der Waals surface area contributed by atoms with E-state index in [9.17, 15) is 0 Å². The molecular formula is C18H29N3O. The summed E-state index contributed by atoms with van der Waals surface area (Å²) in [6, 6.07) is 6.42. The first kappa shape index (κ1) is 16.7. The summed E-state index contributed by atoms with van der Waals surface area (Å²) in [7, 11) is 3.60. The number of hydrogen-bond acceptors (Lipinski definition) is 2. The summed E-state index contributed by atoms with van der Waals surface area (Å²) in [6.07, 6.45) is 3.56. The topological polar surface area (TPSA) is 36.9 Å². The average molecular weight is 303 g/mol. The molecule has 1 heterocycles. The summed E-state index contributed by atoms with van der Waals surface area (Å²) in [5.41, 5.74) is 2.47. The van der Waals surface area contributed by atoms with Crippen LogP contribution in [0.25, 0.3) is 0 Å². The highest BCUT2D eigenvalue weighted by molar-refractivity contribution is 5.80. The number of rotatable bonds is 4. The van der Waals surface area contributed by atoms with Crippen LogP contribution >= 0.6 is 0 Å². The van der Waals surface area contributed by atoms with E-state index in [0.717, 1.165) is 43.7 Å². The van der Waals surface area contributed by atoms with E-state index in [1.165, 1.54) is 24.0 Å². The van der Waals surface area contributed by atoms with E-state index in [2.05, 4.69) is 47.3 Å². The number of aliphatic imine (C=N–C) groups is 1. The van der Waals surface area contributed by atoms with Crippen LogP contribution in [-0.2, 0) is 6.42 Å². The molecule has 4 nitrogen and oxygen atoms in total. The van der Waals surface area contributed by atoms with Crippen molar-refractivity contribution in [3.8, 4) is 5.75 Å². The Morgan fingerprint density at radius 3 is 2.95 bits per heavy atom. The smallest absolute Gasteiger partial charge is 0.193 e. The summed E-state index contributed by atoms with van der Waals surface area (Å²) < 4.78 is 5.39. The molecule has 4 heteroatoms. The van der Waals surface area contributed by atoms with Gasteiger partial charge in [0, 0.05) is 26.7 Å². The zero-order valence-corrected chi connectivity index (χ0v) is 14.4. The predicted molar refractivity (Wildman–Crippen MR) is 92.8 cm³/mol. The first-order chi connectivity index (χ1) is 10.6. The summed E-state index contributed by atoms with van der Waals surface area (Å²) in [5.74, 6) is 2.76. The fourth-order valence-electron chi connectivity index (χ4n) is 3.05. The second-order valence-corrected chi connectivity index (χ2v) is 6.22. The van der Waals surface area contributed by atoms with Crippen molar-refractivity contribution in [1.82, 2.24) is 10.2 Å². The van der Waals surface area contributed by atoms with Crippen LogP contribution < -0.4 is 10.1 Å². The molecule has 0 saturated carbocycles. The maximum atomic E-state index is 5.39. The van der Waals surface area contributed by atoms with Crippen LogP contribution in [0.5, 0.6) is 5.75 Å². The van der Waals surface area contributed by atoms with Crippen molar-refractivity contribution >= 4 is 5.96 Å². The van der Waals surface area contributed by atoms with Gasteiger partial charge in [0.1, 0.15) is 5.75 Å². The van der Waals surface area contributed by atoms with E-state index in [4.69, 9.17) is 4.74 Å². The third-order valence-electron chi connectivity index (χ3n) is 4.34. The van der Waals surface area contributed by atoms with Crippen LogP contribution in [0.1, 0.15) is 30.9 Å². The molecule has 122 valence electrons. The van der Waals surface area contributed by atoms with Gasteiger partial charge in [-0.25, -0.2) is 0 Å². The Hall–Kier alpha value is -1.71. The molecule has 1 aliphatic heterocycles. The van der Waals surface area contributed by atoms with E-state index in [1.807, 2.05) is 7.05 Å². The summed E-state index contributed by atoms with van der Waals surface area (Å²) in [6.45, 7) is 7.50. The van der Waals surface area contributed by atoms with Gasteiger partial charge < -0.3 is 15.0 Å². The largest absolute Gasteiger partial charge is 0.496 e. The van der Waals surface area contributed by atoms with Gasteiger partial charge in [0.05, 0.1) is 7.11 Å². The number of piperidine rings is 1. The highest BCUT2D eigenvalue weighted by Crippen LogP contribution is 2.19. The molecule has 1 aromatic carbocycles. The molecule has 1 aromatic rings. The van der Waals surface area contributed by atoms with Crippen LogP contribution in [0, 0.1) is 12.8 Å². The van der Waals surface area contributed by atoms with Crippen molar-refractivity contribution in [2.75, 3.05) is 33.8 Å². The molecule has 0 spiro atoms. The van der Waals surface area contributed by atoms with Crippen LogP contribution in [0.15, 0.2) is 23.2 Å². The number of likely N-dealkylation sites (tertiary alicyclic amines) is 1. The predicted octanol–water partition coefficient (Wildman–Crippen LogP) is 2.85. The minimum absolute atomic E-state index is 0.758. The zero-order valence-electron chi connectivity index (χ0n) is 14.4. The fourth-order valence-corrected chi connectivity index (χ4v) is 3.05. The van der Waals surface area contributed by atoms with Gasteiger partial charge in [-0.05, 0) is 49.3 Å². The van der Waals surface area contributed by atoms with E-state index < -0.39 is 0 Å². The summed E-state index contributed by atoms with van der Waals surface area (Å²) in [5, 5.41) is 3.50. The van der Waals surface area contributed by atoms with Gasteiger partial charge in [0.15, 0.2) is 5.96 Å². The van der Waals surface area contributed by atoms with Crippen molar-refractivity contribution in [2.45, 2.75) is 33.1 Å². The van der Waals surface area contributed by atoms with E-state index in [1.54, 1.807) is 7.11 Å². The molecule has 1 atom stereocenters. The Labute approximate surface area is 134 Å². The molecule has 22 heavy (non-hydrogen) atoms. The second kappa shape index (κ2) is 8.06. The lowest BCUT2D eigenvalue weighted by Crippen LogP contribution is -2.46. The normalized spacial score (nSPS) is 19.2. The van der Waals surface area contributed by atoms with Gasteiger partial charge in [0.2, 0.25) is 0 Å². The molecule has 0 aromatic heterocycles. The van der Waals surface area contributed by atoms with Gasteiger partial charge in [0.25, 0.3) is 0 Å². The Kier molecular flexibility index (Phi) is 6.10. The van der Waals surface area contributed by atoms with Gasteiger partial charge in [-0.3, -0.25) is 4.99 Å². The zero-order chi connectivity index (χ0) is 15.9. The number of nitrogens with one attached hydrogen (secondary N) is 1. The number of hydrogen-bond donors (Lipinski definition) is 1. The highest BCUT2D eigenvalue weighted by Gasteiger charge is 2.18. The average Bonchev–Trinajstić information content (AvgIpc) is 2.53. The van der Waals surface area contributed by atoms with E-state index in [-0.39, 0.29) is 0 Å². The van der Waals surface area contributed by atoms with Crippen LogP contribution in [0.3, 0.4) is 0 Å². The number of aryl methyl sites for hydroxylation is 1. The standard InChI is InChI=1S/C18H29N3O/c1-14-6-5-11-21(13-14)18(19-3)20-10-9-16-8-7-15(2)17(12-16)22-4/h7-8,12,14H,5-6,9-11,13H2,1-4H3,(H,19,20). The van der Waals surface area contributed by atoms with Crippen LogP contribution in [0.4, 0.5) is 0 Å². The molecule has 1 N–H and O–H groups in total. The molecule has 2 rings (SSSR count).